The van der Waals surface area contributed by atoms with Crippen LogP contribution in [0.2, 0.25) is 0 Å². The fraction of sp³-hybridized carbons (Fsp3) is 0.833. The van der Waals surface area contributed by atoms with Gasteiger partial charge in [-0.05, 0) is 19.3 Å². The van der Waals surface area contributed by atoms with Gasteiger partial charge in [0.1, 0.15) is 0 Å². The number of nitrogens with zero attached hydrogens (tertiary/aromatic N) is 2. The van der Waals surface area contributed by atoms with E-state index >= 15 is 0 Å². The Kier molecular flexibility index (Phi) is 3.28. The maximum atomic E-state index is 6.35. The van der Waals surface area contributed by atoms with Crippen molar-refractivity contribution in [3.63, 3.8) is 0 Å². The van der Waals surface area contributed by atoms with E-state index in [1.54, 1.807) is 0 Å². The minimum absolute atomic E-state index is 0.327. The Balaban J connectivity index is 2.17. The first-order valence-corrected chi connectivity index (χ1v) is 6.28. The van der Waals surface area contributed by atoms with Gasteiger partial charge < -0.3 is 10.3 Å². The van der Waals surface area contributed by atoms with Crippen LogP contribution < -0.4 is 5.73 Å². The summed E-state index contributed by atoms with van der Waals surface area (Å²) < 4.78 is 5.29. The molecular weight excluding hydrogens is 202 g/mol. The van der Waals surface area contributed by atoms with Gasteiger partial charge in [-0.1, -0.05) is 38.3 Å². The Hall–Kier alpha value is -0.900. The molecule has 4 nitrogen and oxygen atoms in total. The van der Waals surface area contributed by atoms with E-state index in [1.165, 1.54) is 19.3 Å². The monoisotopic (exact) mass is 223 g/mol. The Bertz CT molecular complexity index is 342. The fourth-order valence-electron chi connectivity index (χ4n) is 2.22. The van der Waals surface area contributed by atoms with Gasteiger partial charge in [0.15, 0.2) is 5.82 Å². The van der Waals surface area contributed by atoms with Crippen molar-refractivity contribution in [2.24, 2.45) is 5.73 Å². The van der Waals surface area contributed by atoms with Crippen LogP contribution in [0.5, 0.6) is 0 Å². The second kappa shape index (κ2) is 4.53. The van der Waals surface area contributed by atoms with Gasteiger partial charge >= 0.3 is 0 Å². The number of nitrogens with two attached hydrogens (primary N) is 1. The van der Waals surface area contributed by atoms with Gasteiger partial charge in [-0.15, -0.1) is 0 Å². The Morgan fingerprint density at radius 2 is 2.06 bits per heavy atom. The van der Waals surface area contributed by atoms with E-state index in [9.17, 15) is 0 Å². The maximum absolute atomic E-state index is 6.35. The van der Waals surface area contributed by atoms with Crippen molar-refractivity contribution < 1.29 is 4.52 Å². The number of hydrogen-bond acceptors (Lipinski definition) is 4. The molecule has 0 amide bonds. The summed E-state index contributed by atoms with van der Waals surface area (Å²) in [5, 5.41) is 4.07. The maximum Gasteiger partial charge on any atom is 0.229 e. The lowest BCUT2D eigenvalue weighted by atomic mass is 9.82. The van der Waals surface area contributed by atoms with Crippen molar-refractivity contribution in [1.82, 2.24) is 10.1 Å². The van der Waals surface area contributed by atoms with Crippen LogP contribution in [0.25, 0.3) is 0 Å². The van der Waals surface area contributed by atoms with Gasteiger partial charge in [0, 0.05) is 5.92 Å². The zero-order chi connectivity index (χ0) is 11.6. The van der Waals surface area contributed by atoms with E-state index < -0.39 is 0 Å². The third kappa shape index (κ3) is 2.12. The molecule has 1 heterocycles. The van der Waals surface area contributed by atoms with Gasteiger partial charge in [0.2, 0.25) is 5.89 Å². The molecule has 1 unspecified atom stereocenters. The van der Waals surface area contributed by atoms with Gasteiger partial charge in [0.25, 0.3) is 0 Å². The Morgan fingerprint density at radius 1 is 1.38 bits per heavy atom. The molecule has 0 aliphatic heterocycles. The van der Waals surface area contributed by atoms with E-state index in [0.717, 1.165) is 25.2 Å². The SMILES string of the molecule is CCC(C)c1nc(C2(N)CCCCC2)no1. The summed E-state index contributed by atoms with van der Waals surface area (Å²) in [4.78, 5) is 4.47. The van der Waals surface area contributed by atoms with Crippen molar-refractivity contribution in [2.75, 3.05) is 0 Å². The number of aromatic nitrogens is 2. The highest BCUT2D eigenvalue weighted by atomic mass is 16.5. The summed E-state index contributed by atoms with van der Waals surface area (Å²) in [6.07, 6.45) is 6.58. The minimum atomic E-state index is -0.340. The topological polar surface area (TPSA) is 64.9 Å². The first-order valence-electron chi connectivity index (χ1n) is 6.28. The predicted octanol–water partition coefficient (Wildman–Crippen LogP) is 2.70. The molecule has 1 aliphatic rings. The van der Waals surface area contributed by atoms with Gasteiger partial charge in [-0.2, -0.15) is 4.98 Å². The zero-order valence-corrected chi connectivity index (χ0v) is 10.2. The van der Waals surface area contributed by atoms with Crippen molar-refractivity contribution >= 4 is 0 Å². The van der Waals surface area contributed by atoms with Crippen molar-refractivity contribution in [1.29, 1.82) is 0 Å². The summed E-state index contributed by atoms with van der Waals surface area (Å²) in [6, 6.07) is 0. The van der Waals surface area contributed by atoms with Gasteiger partial charge in [-0.25, -0.2) is 0 Å². The lowest BCUT2D eigenvalue weighted by molar-refractivity contribution is 0.272. The van der Waals surface area contributed by atoms with Gasteiger partial charge in [0.05, 0.1) is 5.54 Å². The number of rotatable bonds is 3. The minimum Gasteiger partial charge on any atom is -0.339 e. The molecule has 0 saturated heterocycles. The van der Waals surface area contributed by atoms with E-state index in [4.69, 9.17) is 10.3 Å². The van der Waals surface area contributed by atoms with E-state index in [1.807, 2.05) is 0 Å². The summed E-state index contributed by atoms with van der Waals surface area (Å²) in [6.45, 7) is 4.22. The molecular formula is C12H21N3O. The van der Waals surface area contributed by atoms with Crippen LogP contribution in [-0.2, 0) is 5.54 Å². The van der Waals surface area contributed by atoms with Crippen LogP contribution in [0.3, 0.4) is 0 Å². The first kappa shape index (κ1) is 11.6. The van der Waals surface area contributed by atoms with E-state index in [2.05, 4.69) is 24.0 Å². The first-order chi connectivity index (χ1) is 7.65. The third-order valence-electron chi connectivity index (χ3n) is 3.67. The van der Waals surface area contributed by atoms with Crippen LogP contribution in [0.1, 0.15) is 70.0 Å². The molecule has 0 spiro atoms. The quantitative estimate of drug-likeness (QED) is 0.855. The smallest absolute Gasteiger partial charge is 0.229 e. The molecule has 1 aromatic rings. The zero-order valence-electron chi connectivity index (χ0n) is 10.2. The second-order valence-electron chi connectivity index (χ2n) is 4.98. The molecule has 16 heavy (non-hydrogen) atoms. The summed E-state index contributed by atoms with van der Waals surface area (Å²) in [7, 11) is 0. The van der Waals surface area contributed by atoms with Crippen LogP contribution in [0.15, 0.2) is 4.52 Å². The van der Waals surface area contributed by atoms with E-state index in [0.29, 0.717) is 11.7 Å². The fourth-order valence-corrected chi connectivity index (χ4v) is 2.22. The van der Waals surface area contributed by atoms with Crippen molar-refractivity contribution in [2.45, 2.75) is 63.8 Å². The van der Waals surface area contributed by atoms with Gasteiger partial charge in [-0.3, -0.25) is 0 Å². The van der Waals surface area contributed by atoms with Crippen molar-refractivity contribution in [3.8, 4) is 0 Å². The summed E-state index contributed by atoms with van der Waals surface area (Å²) in [5.74, 6) is 1.77. The average molecular weight is 223 g/mol. The third-order valence-corrected chi connectivity index (χ3v) is 3.67. The molecule has 2 N–H and O–H groups in total. The lowest BCUT2D eigenvalue weighted by Crippen LogP contribution is -2.39. The molecule has 0 radical (unpaired) electrons. The van der Waals surface area contributed by atoms with Crippen molar-refractivity contribution in [3.05, 3.63) is 11.7 Å². The Labute approximate surface area is 96.6 Å². The molecule has 1 aromatic heterocycles. The molecule has 1 fully saturated rings. The molecule has 2 rings (SSSR count). The van der Waals surface area contributed by atoms with Crippen LogP contribution in [0.4, 0.5) is 0 Å². The molecule has 90 valence electrons. The Morgan fingerprint density at radius 3 is 2.69 bits per heavy atom. The van der Waals surface area contributed by atoms with Crippen LogP contribution in [0, 0.1) is 0 Å². The van der Waals surface area contributed by atoms with Crippen LogP contribution >= 0.6 is 0 Å². The molecule has 1 atom stereocenters. The molecule has 1 aliphatic carbocycles. The van der Waals surface area contributed by atoms with Crippen LogP contribution in [-0.4, -0.2) is 10.1 Å². The summed E-state index contributed by atoms with van der Waals surface area (Å²) in [5.41, 5.74) is 6.01. The average Bonchev–Trinajstić information content (AvgIpc) is 2.79. The highest BCUT2D eigenvalue weighted by Gasteiger charge is 2.34. The normalized spacial score (nSPS) is 21.9. The molecule has 4 heteroatoms. The molecule has 0 aromatic carbocycles. The number of hydrogen-bond donors (Lipinski definition) is 1. The standard InChI is InChI=1S/C12H21N3O/c1-3-9(2)10-14-11(15-16-10)12(13)7-5-4-6-8-12/h9H,3-8,13H2,1-2H3. The second-order valence-corrected chi connectivity index (χ2v) is 4.98. The molecule has 0 bridgehead atoms. The highest BCUT2D eigenvalue weighted by Crippen LogP contribution is 2.33. The highest BCUT2D eigenvalue weighted by molar-refractivity contribution is 5.06. The largest absolute Gasteiger partial charge is 0.339 e. The van der Waals surface area contributed by atoms with E-state index in [-0.39, 0.29) is 5.54 Å². The predicted molar refractivity (Wildman–Crippen MR) is 62.0 cm³/mol. The summed E-state index contributed by atoms with van der Waals surface area (Å²) >= 11 is 0. The lowest BCUT2D eigenvalue weighted by Gasteiger charge is -2.29. The molecule has 1 saturated carbocycles.